The fraction of sp³-hybridized carbons (Fsp3) is 0. The maximum atomic E-state index is 2.44. The van der Waals surface area contributed by atoms with E-state index in [1.54, 1.807) is 0 Å². The minimum atomic E-state index is 1.24. The lowest BCUT2D eigenvalue weighted by Gasteiger charge is -2.11. The van der Waals surface area contributed by atoms with Crippen molar-refractivity contribution in [1.29, 1.82) is 0 Å². The van der Waals surface area contributed by atoms with Crippen LogP contribution in [-0.4, -0.2) is 0 Å². The van der Waals surface area contributed by atoms with Crippen LogP contribution < -0.4 is 0 Å². The Kier molecular flexibility index (Phi) is 4.69. The van der Waals surface area contributed by atoms with Crippen LogP contribution in [0.5, 0.6) is 0 Å². The summed E-state index contributed by atoms with van der Waals surface area (Å²) in [5, 5.41) is 10.7. The molecule has 198 valence electrons. The van der Waals surface area contributed by atoms with Crippen LogP contribution in [0.4, 0.5) is 0 Å². The summed E-state index contributed by atoms with van der Waals surface area (Å²) < 4.78 is 2.69. The van der Waals surface area contributed by atoms with Gasteiger partial charge in [-0.2, -0.15) is 0 Å². The monoisotopic (exact) mass is 560 g/mol. The average molecular weight is 561 g/mol. The quantitative estimate of drug-likeness (QED) is 0.184. The van der Waals surface area contributed by atoms with Crippen molar-refractivity contribution in [3.05, 3.63) is 146 Å². The Morgan fingerprint density at radius 3 is 1.95 bits per heavy atom. The molecule has 43 heavy (non-hydrogen) atoms. The van der Waals surface area contributed by atoms with E-state index in [-0.39, 0.29) is 0 Å². The van der Waals surface area contributed by atoms with Crippen molar-refractivity contribution in [3.63, 3.8) is 0 Å². The molecule has 0 amide bonds. The number of rotatable bonds is 2. The van der Waals surface area contributed by atoms with Gasteiger partial charge < -0.3 is 0 Å². The summed E-state index contributed by atoms with van der Waals surface area (Å²) in [4.78, 5) is 0. The minimum absolute atomic E-state index is 1.24. The molecule has 1 aliphatic rings. The van der Waals surface area contributed by atoms with E-state index in [4.69, 9.17) is 0 Å². The van der Waals surface area contributed by atoms with E-state index in [0.717, 1.165) is 0 Å². The van der Waals surface area contributed by atoms with E-state index in [2.05, 4.69) is 146 Å². The average Bonchev–Trinajstić information content (AvgIpc) is 3.60. The van der Waals surface area contributed by atoms with E-state index in [0.29, 0.717) is 0 Å². The van der Waals surface area contributed by atoms with Crippen LogP contribution >= 0.6 is 11.3 Å². The first-order valence-electron chi connectivity index (χ1n) is 14.8. The van der Waals surface area contributed by atoms with E-state index >= 15 is 0 Å². The molecule has 0 unspecified atom stereocenters. The topological polar surface area (TPSA) is 0 Å². The van der Waals surface area contributed by atoms with E-state index in [1.165, 1.54) is 97.0 Å². The first-order valence-corrected chi connectivity index (χ1v) is 15.7. The van der Waals surface area contributed by atoms with Crippen LogP contribution in [0.25, 0.3) is 97.0 Å². The molecule has 0 aliphatic heterocycles. The Balaban J connectivity index is 1.14. The molecule has 0 spiro atoms. The highest BCUT2D eigenvalue weighted by molar-refractivity contribution is 7.25. The van der Waals surface area contributed by atoms with Gasteiger partial charge in [0.15, 0.2) is 0 Å². The molecule has 0 saturated carbocycles. The summed E-state index contributed by atoms with van der Waals surface area (Å²) in [5.41, 5.74) is 10.3. The second-order valence-corrected chi connectivity index (χ2v) is 12.8. The Morgan fingerprint density at radius 2 is 1.02 bits per heavy atom. The summed E-state index contributed by atoms with van der Waals surface area (Å²) in [5.74, 6) is 0. The van der Waals surface area contributed by atoms with Gasteiger partial charge in [0.05, 0.1) is 0 Å². The van der Waals surface area contributed by atoms with Gasteiger partial charge in [-0.15, -0.1) is 11.3 Å². The van der Waals surface area contributed by atoms with Crippen LogP contribution in [0, 0.1) is 0 Å². The smallest absolute Gasteiger partial charge is 0.0355 e. The highest BCUT2D eigenvalue weighted by Crippen LogP contribution is 2.51. The molecule has 0 fully saturated rings. The molecule has 0 nitrogen and oxygen atoms in total. The molecule has 0 bridgehead atoms. The number of hydrogen-bond acceptors (Lipinski definition) is 1. The van der Waals surface area contributed by atoms with Gasteiger partial charge in [0.1, 0.15) is 0 Å². The molecule has 8 aromatic carbocycles. The van der Waals surface area contributed by atoms with Gasteiger partial charge in [0, 0.05) is 20.2 Å². The molecule has 1 heterocycles. The highest BCUT2D eigenvalue weighted by Gasteiger charge is 2.23. The number of hydrogen-bond donors (Lipinski definition) is 0. The maximum Gasteiger partial charge on any atom is 0.0355 e. The normalized spacial score (nSPS) is 12.2. The lowest BCUT2D eigenvalue weighted by Crippen LogP contribution is -1.84. The predicted octanol–water partition coefficient (Wildman–Crippen LogP) is 12.5. The molecule has 10 rings (SSSR count). The van der Waals surface area contributed by atoms with Crippen molar-refractivity contribution in [3.8, 4) is 44.5 Å². The summed E-state index contributed by atoms with van der Waals surface area (Å²) in [6, 6.07) is 54.3. The number of fused-ring (bicyclic) bond motifs is 10. The van der Waals surface area contributed by atoms with Crippen LogP contribution in [0.2, 0.25) is 0 Å². The van der Waals surface area contributed by atoms with E-state index in [9.17, 15) is 0 Å². The molecule has 1 heteroatoms. The zero-order chi connectivity index (χ0) is 28.1. The first kappa shape index (κ1) is 23.3. The van der Waals surface area contributed by atoms with Gasteiger partial charge in [0.25, 0.3) is 0 Å². The van der Waals surface area contributed by atoms with Gasteiger partial charge >= 0.3 is 0 Å². The van der Waals surface area contributed by atoms with Crippen molar-refractivity contribution < 1.29 is 0 Å². The molecular weight excluding hydrogens is 537 g/mol. The molecule has 0 atom stereocenters. The van der Waals surface area contributed by atoms with Gasteiger partial charge in [-0.3, -0.25) is 0 Å². The van der Waals surface area contributed by atoms with Crippen LogP contribution in [-0.2, 0) is 0 Å². The summed E-state index contributed by atoms with van der Waals surface area (Å²) in [6.45, 7) is 0. The predicted molar refractivity (Wildman–Crippen MR) is 187 cm³/mol. The second kappa shape index (κ2) is 8.64. The van der Waals surface area contributed by atoms with Crippen molar-refractivity contribution in [2.75, 3.05) is 0 Å². The van der Waals surface area contributed by atoms with Crippen LogP contribution in [0.3, 0.4) is 0 Å². The van der Waals surface area contributed by atoms with Crippen molar-refractivity contribution >= 4 is 63.8 Å². The fourth-order valence-corrected chi connectivity index (χ4v) is 8.46. The third-order valence-corrected chi connectivity index (χ3v) is 10.5. The minimum Gasteiger partial charge on any atom is -0.135 e. The number of thiophene rings is 1. The van der Waals surface area contributed by atoms with E-state index < -0.39 is 0 Å². The lowest BCUT2D eigenvalue weighted by atomic mass is 9.92. The molecule has 0 radical (unpaired) electrons. The number of benzene rings is 8. The van der Waals surface area contributed by atoms with Crippen LogP contribution in [0.1, 0.15) is 0 Å². The first-order chi connectivity index (χ1) is 21.3. The Hall–Kier alpha value is -5.24. The van der Waals surface area contributed by atoms with Gasteiger partial charge in [-0.25, -0.2) is 0 Å². The second-order valence-electron chi connectivity index (χ2n) is 11.7. The van der Waals surface area contributed by atoms with Crippen molar-refractivity contribution in [2.24, 2.45) is 0 Å². The largest absolute Gasteiger partial charge is 0.135 e. The highest BCUT2D eigenvalue weighted by atomic mass is 32.1. The summed E-state index contributed by atoms with van der Waals surface area (Å²) in [7, 11) is 0. The molecule has 0 saturated heterocycles. The van der Waals surface area contributed by atoms with Gasteiger partial charge in [-0.05, 0) is 113 Å². The third-order valence-electron chi connectivity index (χ3n) is 9.39. The molecule has 1 aromatic heterocycles. The Morgan fingerprint density at radius 1 is 0.302 bits per heavy atom. The maximum absolute atomic E-state index is 2.44. The molecule has 0 N–H and O–H groups in total. The standard InChI is InChI=1S/C42H24S/c1-2-10-30-25(7-1)15-18-32-35-13-6-12-34-31-19-16-28(22-36(31)39(42(34)35)24-37(30)32)26-8-5-9-27(21-26)29-17-20-41-38(23-29)33-11-3-4-14-40(33)43-41/h1-24H. The van der Waals surface area contributed by atoms with Crippen molar-refractivity contribution in [1.82, 2.24) is 0 Å². The molecule has 1 aliphatic carbocycles. The molecule has 9 aromatic rings. The van der Waals surface area contributed by atoms with Crippen LogP contribution in [0.15, 0.2) is 146 Å². The lowest BCUT2D eigenvalue weighted by molar-refractivity contribution is 1.60. The zero-order valence-corrected chi connectivity index (χ0v) is 24.1. The zero-order valence-electron chi connectivity index (χ0n) is 23.3. The Bertz CT molecular complexity index is 2620. The Labute approximate surface area is 253 Å². The third kappa shape index (κ3) is 3.31. The molecular formula is C42H24S. The van der Waals surface area contributed by atoms with Gasteiger partial charge in [-0.1, -0.05) is 109 Å². The SMILES string of the molecule is c1cc(-c2ccc3c(c2)-c2cc4c5ccccc5ccc4c4cccc-3c24)cc(-c2ccc3sc4ccccc4c3c2)c1. The fourth-order valence-electron chi connectivity index (χ4n) is 7.37. The summed E-state index contributed by atoms with van der Waals surface area (Å²) in [6.07, 6.45) is 0. The summed E-state index contributed by atoms with van der Waals surface area (Å²) >= 11 is 1.87. The van der Waals surface area contributed by atoms with E-state index in [1.807, 2.05) is 11.3 Å². The van der Waals surface area contributed by atoms with Crippen molar-refractivity contribution in [2.45, 2.75) is 0 Å². The van der Waals surface area contributed by atoms with Gasteiger partial charge in [0.2, 0.25) is 0 Å².